The van der Waals surface area contributed by atoms with Crippen LogP contribution in [0.1, 0.15) is 16.7 Å². The van der Waals surface area contributed by atoms with Gasteiger partial charge >= 0.3 is 6.18 Å². The quantitative estimate of drug-likeness (QED) is 0.649. The molecular weight excluding hydrogens is 489 g/mol. The number of β-amino-alcohol motifs (C(OH)–C–C–N with tert-alkyl or cyclic N) is 1. The van der Waals surface area contributed by atoms with Crippen LogP contribution < -0.4 is 0 Å². The molecule has 1 heterocycles. The van der Waals surface area contributed by atoms with E-state index in [9.17, 15) is 31.8 Å². The van der Waals surface area contributed by atoms with Crippen molar-refractivity contribution in [1.82, 2.24) is 4.31 Å². The van der Waals surface area contributed by atoms with E-state index in [0.717, 1.165) is 12.1 Å². The van der Waals surface area contributed by atoms with Gasteiger partial charge in [0.2, 0.25) is 0 Å². The predicted molar refractivity (Wildman–Crippen MR) is 113 cm³/mol. The molecule has 4 atom stereocenters. The lowest BCUT2D eigenvalue weighted by Crippen LogP contribution is -2.47. The van der Waals surface area contributed by atoms with E-state index in [4.69, 9.17) is 16.9 Å². The van der Waals surface area contributed by atoms with Gasteiger partial charge < -0.3 is 10.2 Å². The molecule has 0 saturated carbocycles. The van der Waals surface area contributed by atoms with Gasteiger partial charge in [0.15, 0.2) is 0 Å². The first-order valence-corrected chi connectivity index (χ1v) is 11.9. The second kappa shape index (κ2) is 9.21. The summed E-state index contributed by atoms with van der Waals surface area (Å²) in [6, 6.07) is 8.92. The summed E-state index contributed by atoms with van der Waals surface area (Å²) in [5.74, 6) is 0. The summed E-state index contributed by atoms with van der Waals surface area (Å²) in [6.07, 6.45) is -4.62. The number of aryl methyl sites for hydroxylation is 1. The predicted octanol–water partition coefficient (Wildman–Crippen LogP) is 2.78. The highest BCUT2D eigenvalue weighted by atomic mass is 35.5. The Morgan fingerprint density at radius 2 is 1.97 bits per heavy atom. The standard InChI is InChI=1S/C20H18ClF3N2O4S2/c1-12-6-15(4-2-13(12)8-25)31(29)18-9-26(10-19(18,28)11-27)32(30)17-5-3-14(7-16(17)21)20(22,23)24/h2-7,18,27-28H,9-11H2,1H3/t18-,19?,31?,32?/m0/s1. The Morgan fingerprint density at radius 3 is 2.50 bits per heavy atom. The van der Waals surface area contributed by atoms with Crippen LogP contribution >= 0.6 is 11.6 Å². The molecule has 172 valence electrons. The van der Waals surface area contributed by atoms with Crippen molar-refractivity contribution in [3.8, 4) is 6.07 Å². The van der Waals surface area contributed by atoms with E-state index in [1.54, 1.807) is 13.0 Å². The minimum Gasteiger partial charge on any atom is -0.393 e. The Hall–Kier alpha value is -1.81. The highest BCUT2D eigenvalue weighted by Gasteiger charge is 2.50. The summed E-state index contributed by atoms with van der Waals surface area (Å²) in [5, 5.41) is 28.3. The van der Waals surface area contributed by atoms with Gasteiger partial charge in [0.1, 0.15) is 16.6 Å². The zero-order valence-electron chi connectivity index (χ0n) is 16.6. The van der Waals surface area contributed by atoms with Crippen molar-refractivity contribution >= 4 is 33.4 Å². The summed E-state index contributed by atoms with van der Waals surface area (Å²) >= 11 is 5.94. The minimum absolute atomic E-state index is 0.0967. The fourth-order valence-electron chi connectivity index (χ4n) is 3.38. The Morgan fingerprint density at radius 1 is 1.28 bits per heavy atom. The maximum atomic E-state index is 13.2. The fraction of sp³-hybridized carbons (Fsp3) is 0.350. The summed E-state index contributed by atoms with van der Waals surface area (Å²) in [6.45, 7) is 0.388. The monoisotopic (exact) mass is 506 g/mol. The molecule has 1 fully saturated rings. The topological polar surface area (TPSA) is 102 Å². The molecule has 3 unspecified atom stereocenters. The third kappa shape index (κ3) is 4.76. The van der Waals surface area contributed by atoms with E-state index in [-0.39, 0.29) is 23.0 Å². The molecule has 32 heavy (non-hydrogen) atoms. The normalized spacial score (nSPS) is 23.6. The van der Waals surface area contributed by atoms with Gasteiger partial charge in [0.05, 0.1) is 49.8 Å². The van der Waals surface area contributed by atoms with E-state index >= 15 is 0 Å². The summed E-state index contributed by atoms with van der Waals surface area (Å²) in [5.41, 5.74) is -1.89. The van der Waals surface area contributed by atoms with Crippen LogP contribution in [0.3, 0.4) is 0 Å². The van der Waals surface area contributed by atoms with Crippen LogP contribution in [-0.2, 0) is 28.0 Å². The molecule has 0 amide bonds. The lowest BCUT2D eigenvalue weighted by Gasteiger charge is -2.26. The number of aliphatic hydroxyl groups is 2. The number of nitrogens with zero attached hydrogens (tertiary/aromatic N) is 2. The molecule has 3 rings (SSSR count). The van der Waals surface area contributed by atoms with E-state index in [1.165, 1.54) is 16.4 Å². The molecular formula is C20H18ClF3N2O4S2. The average Bonchev–Trinajstić information content (AvgIpc) is 3.10. The average molecular weight is 507 g/mol. The third-order valence-electron chi connectivity index (χ3n) is 5.18. The van der Waals surface area contributed by atoms with Gasteiger partial charge in [-0.25, -0.2) is 8.51 Å². The number of alkyl halides is 3. The summed E-state index contributed by atoms with van der Waals surface area (Å²) in [4.78, 5) is 0.221. The highest BCUT2D eigenvalue weighted by Crippen LogP contribution is 2.36. The van der Waals surface area contributed by atoms with Crippen molar-refractivity contribution < 1.29 is 31.8 Å². The Labute approximate surface area is 192 Å². The first kappa shape index (κ1) is 24.8. The van der Waals surface area contributed by atoms with Gasteiger partial charge in [-0.2, -0.15) is 18.4 Å². The van der Waals surface area contributed by atoms with Crippen molar-refractivity contribution in [3.63, 3.8) is 0 Å². The van der Waals surface area contributed by atoms with E-state index in [1.807, 2.05) is 6.07 Å². The largest absolute Gasteiger partial charge is 0.416 e. The van der Waals surface area contributed by atoms with E-state index in [0.29, 0.717) is 22.1 Å². The van der Waals surface area contributed by atoms with E-state index < -0.39 is 51.0 Å². The van der Waals surface area contributed by atoms with Gasteiger partial charge in [-0.15, -0.1) is 0 Å². The molecule has 1 aliphatic heterocycles. The molecule has 0 spiro atoms. The van der Waals surface area contributed by atoms with Crippen molar-refractivity contribution in [2.45, 2.75) is 33.7 Å². The molecule has 0 radical (unpaired) electrons. The lowest BCUT2D eigenvalue weighted by atomic mass is 10.1. The van der Waals surface area contributed by atoms with Gasteiger partial charge in [-0.05, 0) is 48.9 Å². The van der Waals surface area contributed by atoms with Crippen LogP contribution in [0.2, 0.25) is 5.02 Å². The molecule has 0 bridgehead atoms. The number of hydrogen-bond acceptors (Lipinski definition) is 5. The number of hydrogen-bond donors (Lipinski definition) is 2. The number of rotatable bonds is 5. The molecule has 2 aromatic rings. The second-order valence-electron chi connectivity index (χ2n) is 7.35. The molecule has 0 aromatic heterocycles. The molecule has 1 saturated heterocycles. The van der Waals surface area contributed by atoms with Crippen LogP contribution in [0.15, 0.2) is 46.2 Å². The Kier molecular flexibility index (Phi) is 7.14. The highest BCUT2D eigenvalue weighted by molar-refractivity contribution is 7.86. The summed E-state index contributed by atoms with van der Waals surface area (Å²) in [7, 11) is -3.91. The maximum absolute atomic E-state index is 13.2. The van der Waals surface area contributed by atoms with E-state index in [2.05, 4.69) is 0 Å². The fourth-order valence-corrected chi connectivity index (χ4v) is 6.85. The van der Waals surface area contributed by atoms with Gasteiger partial charge in [-0.3, -0.25) is 4.21 Å². The zero-order valence-corrected chi connectivity index (χ0v) is 19.0. The van der Waals surface area contributed by atoms with Crippen LogP contribution in [0, 0.1) is 18.3 Å². The molecule has 1 aliphatic rings. The second-order valence-corrected chi connectivity index (χ2v) is 10.8. The van der Waals surface area contributed by atoms with Crippen molar-refractivity contribution in [2.75, 3.05) is 19.7 Å². The SMILES string of the molecule is Cc1cc(S(=O)[C@H]2CN(S(=O)c3ccc(C(F)(F)F)cc3Cl)CC2(O)CO)ccc1C#N. The molecule has 12 heteroatoms. The molecule has 0 aliphatic carbocycles. The summed E-state index contributed by atoms with van der Waals surface area (Å²) < 4.78 is 66.0. The number of halogens is 4. The van der Waals surface area contributed by atoms with Gasteiger partial charge in [-0.1, -0.05) is 11.6 Å². The number of aliphatic hydroxyl groups excluding tert-OH is 1. The first-order valence-electron chi connectivity index (χ1n) is 9.19. The van der Waals surface area contributed by atoms with Crippen LogP contribution in [0.5, 0.6) is 0 Å². The van der Waals surface area contributed by atoms with Crippen molar-refractivity contribution in [1.29, 1.82) is 5.26 Å². The molecule has 2 aromatic carbocycles. The lowest BCUT2D eigenvalue weighted by molar-refractivity contribution is -0.137. The van der Waals surface area contributed by atoms with Crippen LogP contribution in [-0.4, -0.2) is 53.5 Å². The van der Waals surface area contributed by atoms with Crippen molar-refractivity contribution in [3.05, 3.63) is 58.1 Å². The minimum atomic E-state index is -4.62. The Bertz CT molecular complexity index is 1140. The van der Waals surface area contributed by atoms with Crippen LogP contribution in [0.25, 0.3) is 0 Å². The zero-order chi connectivity index (χ0) is 23.8. The van der Waals surface area contributed by atoms with Gasteiger partial charge in [0.25, 0.3) is 0 Å². The molecule has 6 nitrogen and oxygen atoms in total. The van der Waals surface area contributed by atoms with Crippen LogP contribution in [0.4, 0.5) is 13.2 Å². The maximum Gasteiger partial charge on any atom is 0.416 e. The number of nitriles is 1. The smallest absolute Gasteiger partial charge is 0.393 e. The van der Waals surface area contributed by atoms with Crippen molar-refractivity contribution in [2.24, 2.45) is 0 Å². The third-order valence-corrected chi connectivity index (χ3v) is 8.91. The number of benzene rings is 2. The van der Waals surface area contributed by atoms with Gasteiger partial charge in [0, 0.05) is 18.0 Å². The first-order chi connectivity index (χ1) is 14.9. The Balaban J connectivity index is 1.89. The molecule has 2 N–H and O–H groups in total.